The van der Waals surface area contributed by atoms with E-state index in [-0.39, 0.29) is 0 Å². The van der Waals surface area contributed by atoms with Crippen molar-refractivity contribution in [2.45, 2.75) is 33.9 Å². The van der Waals surface area contributed by atoms with E-state index in [0.717, 1.165) is 19.8 Å². The van der Waals surface area contributed by atoms with E-state index < -0.39 is 0 Å². The largest absolute Gasteiger partial charge is 0.301 e. The van der Waals surface area contributed by atoms with Crippen LogP contribution in [0.15, 0.2) is 42.7 Å². The van der Waals surface area contributed by atoms with Crippen molar-refractivity contribution in [2.75, 3.05) is 32.7 Å². The minimum atomic E-state index is 0.431. The van der Waals surface area contributed by atoms with Crippen LogP contribution < -0.4 is 0 Å². The van der Waals surface area contributed by atoms with E-state index in [1.807, 2.05) is 12.3 Å². The van der Waals surface area contributed by atoms with Gasteiger partial charge >= 0.3 is 0 Å². The Morgan fingerprint density at radius 3 is 2.25 bits per heavy atom. The Balaban J connectivity index is 1.48. The maximum atomic E-state index is 4.54. The number of benzene rings is 1. The molecular formula is C20H30N4. The minimum absolute atomic E-state index is 0.431. The third kappa shape index (κ3) is 4.92. The van der Waals surface area contributed by atoms with Crippen LogP contribution in [0.3, 0.4) is 0 Å². The summed E-state index contributed by atoms with van der Waals surface area (Å²) in [5, 5.41) is 4.54. The van der Waals surface area contributed by atoms with Gasteiger partial charge in [0.1, 0.15) is 0 Å². The van der Waals surface area contributed by atoms with Gasteiger partial charge in [0.15, 0.2) is 0 Å². The van der Waals surface area contributed by atoms with Crippen molar-refractivity contribution in [1.29, 1.82) is 0 Å². The average Bonchev–Trinajstić information content (AvgIpc) is 3.03. The summed E-state index contributed by atoms with van der Waals surface area (Å²) in [5.41, 5.74) is 2.86. The highest BCUT2D eigenvalue weighted by Gasteiger charge is 2.19. The predicted molar refractivity (Wildman–Crippen MR) is 99.7 cm³/mol. The molecular weight excluding hydrogens is 296 g/mol. The zero-order chi connectivity index (χ0) is 17.0. The fraction of sp³-hybridized carbons (Fsp3) is 0.550. The van der Waals surface area contributed by atoms with E-state index in [1.54, 1.807) is 0 Å². The lowest BCUT2D eigenvalue weighted by atomic mass is 9.92. The number of piperazine rings is 1. The van der Waals surface area contributed by atoms with Gasteiger partial charge in [0.05, 0.1) is 12.9 Å². The number of aromatic nitrogens is 2. The molecule has 130 valence electrons. The summed E-state index contributed by atoms with van der Waals surface area (Å²) in [5.74, 6) is 0. The van der Waals surface area contributed by atoms with E-state index in [9.17, 15) is 0 Å². The minimum Gasteiger partial charge on any atom is -0.301 e. The van der Waals surface area contributed by atoms with E-state index in [0.29, 0.717) is 5.41 Å². The Labute approximate surface area is 146 Å². The van der Waals surface area contributed by atoms with Gasteiger partial charge in [-0.2, -0.15) is 5.10 Å². The van der Waals surface area contributed by atoms with Crippen LogP contribution in [0.25, 0.3) is 11.1 Å². The molecule has 0 bridgehead atoms. The molecule has 0 amide bonds. The summed E-state index contributed by atoms with van der Waals surface area (Å²) in [6.45, 7) is 13.7. The number of hydrogen-bond acceptors (Lipinski definition) is 3. The average molecular weight is 326 g/mol. The maximum absolute atomic E-state index is 4.54. The van der Waals surface area contributed by atoms with E-state index in [2.05, 4.69) is 70.8 Å². The normalized spacial score (nSPS) is 17.3. The van der Waals surface area contributed by atoms with Crippen molar-refractivity contribution >= 4 is 0 Å². The molecule has 1 saturated heterocycles. The Kier molecular flexibility index (Phi) is 5.36. The predicted octanol–water partition coefficient (Wildman–Crippen LogP) is 3.56. The first-order chi connectivity index (χ1) is 11.5. The van der Waals surface area contributed by atoms with Gasteiger partial charge in [-0.25, -0.2) is 0 Å². The van der Waals surface area contributed by atoms with Gasteiger partial charge < -0.3 is 4.90 Å². The molecule has 2 heterocycles. The van der Waals surface area contributed by atoms with E-state index in [4.69, 9.17) is 0 Å². The highest BCUT2D eigenvalue weighted by atomic mass is 15.4. The molecule has 1 aliphatic heterocycles. The van der Waals surface area contributed by atoms with Gasteiger partial charge in [-0.15, -0.1) is 0 Å². The summed E-state index contributed by atoms with van der Waals surface area (Å²) >= 11 is 0. The first-order valence-corrected chi connectivity index (χ1v) is 9.02. The van der Waals surface area contributed by atoms with Crippen LogP contribution >= 0.6 is 0 Å². The van der Waals surface area contributed by atoms with Gasteiger partial charge in [-0.1, -0.05) is 51.1 Å². The van der Waals surface area contributed by atoms with Gasteiger partial charge in [0, 0.05) is 37.9 Å². The third-order valence-electron chi connectivity index (χ3n) is 4.73. The second kappa shape index (κ2) is 7.49. The smallest absolute Gasteiger partial charge is 0.0929 e. The number of rotatable bonds is 5. The Hall–Kier alpha value is -1.65. The van der Waals surface area contributed by atoms with E-state index in [1.165, 1.54) is 37.2 Å². The first kappa shape index (κ1) is 17.2. The zero-order valence-corrected chi connectivity index (χ0v) is 15.3. The molecule has 4 nitrogen and oxygen atoms in total. The van der Waals surface area contributed by atoms with Crippen LogP contribution in [-0.4, -0.2) is 52.3 Å². The molecule has 4 heteroatoms. The summed E-state index contributed by atoms with van der Waals surface area (Å²) in [6.07, 6.45) is 5.39. The van der Waals surface area contributed by atoms with Crippen molar-refractivity contribution in [2.24, 2.45) is 5.41 Å². The van der Waals surface area contributed by atoms with Crippen LogP contribution in [0.2, 0.25) is 0 Å². The van der Waals surface area contributed by atoms with Crippen LogP contribution in [0.4, 0.5) is 0 Å². The van der Waals surface area contributed by atoms with Gasteiger partial charge in [-0.3, -0.25) is 9.58 Å². The molecule has 1 aromatic carbocycles. The van der Waals surface area contributed by atoms with Crippen molar-refractivity contribution in [3.63, 3.8) is 0 Å². The molecule has 0 radical (unpaired) electrons. The fourth-order valence-electron chi connectivity index (χ4n) is 3.07. The zero-order valence-electron chi connectivity index (χ0n) is 15.3. The highest BCUT2D eigenvalue weighted by molar-refractivity contribution is 5.61. The Bertz CT molecular complexity index is 619. The van der Waals surface area contributed by atoms with Gasteiger partial charge in [-0.05, 0) is 23.9 Å². The van der Waals surface area contributed by atoms with Crippen molar-refractivity contribution < 1.29 is 0 Å². The van der Waals surface area contributed by atoms with Crippen molar-refractivity contribution in [3.05, 3.63) is 42.7 Å². The second-order valence-electron chi connectivity index (χ2n) is 8.05. The fourth-order valence-corrected chi connectivity index (χ4v) is 3.07. The molecule has 0 spiro atoms. The molecule has 1 aliphatic rings. The van der Waals surface area contributed by atoms with Gasteiger partial charge in [0.25, 0.3) is 0 Å². The number of hydrogen-bond donors (Lipinski definition) is 0. The molecule has 2 aromatic rings. The maximum Gasteiger partial charge on any atom is 0.0929 e. The topological polar surface area (TPSA) is 24.3 Å². The molecule has 0 unspecified atom stereocenters. The summed E-state index contributed by atoms with van der Waals surface area (Å²) in [6, 6.07) is 10.5. The molecule has 3 rings (SSSR count). The van der Waals surface area contributed by atoms with Crippen molar-refractivity contribution in [1.82, 2.24) is 19.6 Å². The van der Waals surface area contributed by atoms with Crippen molar-refractivity contribution in [3.8, 4) is 11.1 Å². The van der Waals surface area contributed by atoms with E-state index >= 15 is 0 Å². The SMILES string of the molecule is CC(C)(C)CCN1CCN(Cn2cc(-c3ccccc3)cn2)CC1. The second-order valence-corrected chi connectivity index (χ2v) is 8.05. The third-order valence-corrected chi connectivity index (χ3v) is 4.73. The lowest BCUT2D eigenvalue weighted by Crippen LogP contribution is -2.47. The molecule has 1 aromatic heterocycles. The summed E-state index contributed by atoms with van der Waals surface area (Å²) in [4.78, 5) is 5.09. The Morgan fingerprint density at radius 2 is 1.58 bits per heavy atom. The lowest BCUT2D eigenvalue weighted by Gasteiger charge is -2.35. The summed E-state index contributed by atoms with van der Waals surface area (Å²) in [7, 11) is 0. The lowest BCUT2D eigenvalue weighted by molar-refractivity contribution is 0.0954. The van der Waals surface area contributed by atoms with Crippen LogP contribution in [0.5, 0.6) is 0 Å². The summed E-state index contributed by atoms with van der Waals surface area (Å²) < 4.78 is 2.06. The number of nitrogens with zero attached hydrogens (tertiary/aromatic N) is 4. The molecule has 0 N–H and O–H groups in total. The molecule has 0 aliphatic carbocycles. The standard InChI is InChI=1S/C20H30N4/c1-20(2,3)9-10-22-11-13-23(14-12-22)17-24-16-19(15-21-24)18-7-5-4-6-8-18/h4-8,15-16H,9-14,17H2,1-3H3. The quantitative estimate of drug-likeness (QED) is 0.839. The van der Waals surface area contributed by atoms with Crippen LogP contribution in [0, 0.1) is 5.41 Å². The highest BCUT2D eigenvalue weighted by Crippen LogP contribution is 2.20. The Morgan fingerprint density at radius 1 is 0.917 bits per heavy atom. The molecule has 0 saturated carbocycles. The first-order valence-electron chi connectivity index (χ1n) is 9.02. The monoisotopic (exact) mass is 326 g/mol. The molecule has 0 atom stereocenters. The molecule has 24 heavy (non-hydrogen) atoms. The molecule has 1 fully saturated rings. The van der Waals surface area contributed by atoms with Crippen LogP contribution in [0.1, 0.15) is 27.2 Å². The van der Waals surface area contributed by atoms with Crippen LogP contribution in [-0.2, 0) is 6.67 Å². The van der Waals surface area contributed by atoms with Gasteiger partial charge in [0.2, 0.25) is 0 Å².